The van der Waals surface area contributed by atoms with Crippen molar-refractivity contribution >= 4 is 11.7 Å². The maximum Gasteiger partial charge on any atom is 0.255 e. The van der Waals surface area contributed by atoms with Crippen LogP contribution in [-0.4, -0.2) is 34.9 Å². The summed E-state index contributed by atoms with van der Waals surface area (Å²) in [6, 6.07) is 6.05. The van der Waals surface area contributed by atoms with Crippen LogP contribution in [-0.2, 0) is 0 Å². The van der Waals surface area contributed by atoms with Crippen molar-refractivity contribution in [3.8, 4) is 6.07 Å². The van der Waals surface area contributed by atoms with E-state index in [4.69, 9.17) is 5.26 Å². The molecule has 1 aromatic heterocycles. The molecule has 5 heteroatoms. The van der Waals surface area contributed by atoms with E-state index < -0.39 is 0 Å². The number of amides is 1. The van der Waals surface area contributed by atoms with Gasteiger partial charge in [0.1, 0.15) is 5.82 Å². The van der Waals surface area contributed by atoms with Crippen LogP contribution in [0.1, 0.15) is 43.0 Å². The Morgan fingerprint density at radius 2 is 2.35 bits per heavy atom. The topological polar surface area (TPSA) is 69.0 Å². The number of aromatic nitrogens is 1. The first-order valence-corrected chi connectivity index (χ1v) is 7.14. The molecule has 5 nitrogen and oxygen atoms in total. The molecule has 1 N–H and O–H groups in total. The zero-order valence-electron chi connectivity index (χ0n) is 11.8. The minimum absolute atomic E-state index is 0.0164. The summed E-state index contributed by atoms with van der Waals surface area (Å²) in [5.41, 5.74) is 0.594. The van der Waals surface area contributed by atoms with Gasteiger partial charge >= 0.3 is 0 Å². The lowest BCUT2D eigenvalue weighted by Crippen LogP contribution is -2.34. The summed E-state index contributed by atoms with van der Waals surface area (Å²) in [5, 5.41) is 11.9. The summed E-state index contributed by atoms with van der Waals surface area (Å²) in [4.78, 5) is 18.5. The standard InChI is InChI=1S/C15H20N4O/c1-2-9-17-14-7-4-12(11-18-14)15(20)19(10-3-8-16)13-5-6-13/h4,7,11,13H,2-3,5-6,9-10H2,1H3,(H,17,18). The maximum atomic E-state index is 12.4. The molecule has 1 fully saturated rings. The first kappa shape index (κ1) is 14.3. The van der Waals surface area contributed by atoms with E-state index in [1.54, 1.807) is 17.2 Å². The molecule has 1 heterocycles. The first-order valence-electron chi connectivity index (χ1n) is 7.14. The fourth-order valence-corrected chi connectivity index (χ4v) is 2.05. The zero-order valence-corrected chi connectivity index (χ0v) is 11.8. The van der Waals surface area contributed by atoms with Crippen LogP contribution >= 0.6 is 0 Å². The van der Waals surface area contributed by atoms with Gasteiger partial charge in [-0.15, -0.1) is 0 Å². The smallest absolute Gasteiger partial charge is 0.255 e. The number of pyridine rings is 1. The van der Waals surface area contributed by atoms with Gasteiger partial charge in [0, 0.05) is 25.3 Å². The van der Waals surface area contributed by atoms with Gasteiger partial charge in [0.25, 0.3) is 5.91 Å². The molecular weight excluding hydrogens is 252 g/mol. The lowest BCUT2D eigenvalue weighted by molar-refractivity contribution is 0.0746. The highest BCUT2D eigenvalue weighted by molar-refractivity contribution is 5.94. The molecule has 20 heavy (non-hydrogen) atoms. The van der Waals surface area contributed by atoms with Gasteiger partial charge in [-0.2, -0.15) is 5.26 Å². The number of rotatable bonds is 7. The Labute approximate surface area is 119 Å². The van der Waals surface area contributed by atoms with Gasteiger partial charge in [0.2, 0.25) is 0 Å². The maximum absolute atomic E-state index is 12.4. The van der Waals surface area contributed by atoms with Crippen LogP contribution in [0.25, 0.3) is 0 Å². The first-order chi connectivity index (χ1) is 9.76. The van der Waals surface area contributed by atoms with Crippen molar-refractivity contribution in [2.45, 2.75) is 38.6 Å². The second-order valence-electron chi connectivity index (χ2n) is 5.00. The van der Waals surface area contributed by atoms with Crippen molar-refractivity contribution in [2.24, 2.45) is 0 Å². The normalized spacial score (nSPS) is 13.6. The molecule has 1 aliphatic rings. The van der Waals surface area contributed by atoms with Crippen molar-refractivity contribution in [1.82, 2.24) is 9.88 Å². The van der Waals surface area contributed by atoms with Gasteiger partial charge in [0.15, 0.2) is 0 Å². The molecule has 1 aliphatic carbocycles. The van der Waals surface area contributed by atoms with Gasteiger partial charge in [-0.05, 0) is 31.4 Å². The second kappa shape index (κ2) is 6.90. The summed E-state index contributed by atoms with van der Waals surface area (Å²) < 4.78 is 0. The van der Waals surface area contributed by atoms with Crippen LogP contribution in [0.5, 0.6) is 0 Å². The van der Waals surface area contributed by atoms with Crippen molar-refractivity contribution in [2.75, 3.05) is 18.4 Å². The average molecular weight is 272 g/mol. The summed E-state index contributed by atoms with van der Waals surface area (Å²) in [6.07, 6.45) is 5.11. The number of hydrogen-bond donors (Lipinski definition) is 1. The van der Waals surface area contributed by atoms with Gasteiger partial charge in [-0.1, -0.05) is 6.92 Å². The van der Waals surface area contributed by atoms with Gasteiger partial charge in [0.05, 0.1) is 18.1 Å². The molecule has 0 bridgehead atoms. The molecule has 1 amide bonds. The van der Waals surface area contributed by atoms with E-state index in [1.165, 1.54) is 0 Å². The summed E-state index contributed by atoms with van der Waals surface area (Å²) in [5.74, 6) is 0.774. The highest BCUT2D eigenvalue weighted by Gasteiger charge is 2.32. The van der Waals surface area contributed by atoms with E-state index in [-0.39, 0.29) is 5.91 Å². The molecule has 0 aromatic carbocycles. The van der Waals surface area contributed by atoms with Crippen LogP contribution in [0.2, 0.25) is 0 Å². The quantitative estimate of drug-likeness (QED) is 0.827. The summed E-state index contributed by atoms with van der Waals surface area (Å²) in [7, 11) is 0. The molecular formula is C15H20N4O. The Morgan fingerprint density at radius 1 is 1.55 bits per heavy atom. The van der Waals surface area contributed by atoms with E-state index in [0.29, 0.717) is 24.6 Å². The fraction of sp³-hybridized carbons (Fsp3) is 0.533. The molecule has 0 saturated heterocycles. The van der Waals surface area contributed by atoms with Crippen LogP contribution in [0.15, 0.2) is 18.3 Å². The van der Waals surface area contributed by atoms with E-state index in [0.717, 1.165) is 31.6 Å². The Kier molecular flexibility index (Phi) is 4.94. The Bertz CT molecular complexity index is 488. The number of carbonyl (C=O) groups excluding carboxylic acids is 1. The number of nitrogens with one attached hydrogen (secondary N) is 1. The van der Waals surface area contributed by atoms with Gasteiger partial charge in [-0.25, -0.2) is 4.98 Å². The predicted molar refractivity (Wildman–Crippen MR) is 77.3 cm³/mol. The molecule has 0 spiro atoms. The SMILES string of the molecule is CCCNc1ccc(C(=O)N(CCC#N)C2CC2)cn1. The molecule has 1 saturated carbocycles. The Hall–Kier alpha value is -2.09. The van der Waals surface area contributed by atoms with E-state index in [1.807, 2.05) is 6.07 Å². The number of nitrogens with zero attached hydrogens (tertiary/aromatic N) is 3. The third-order valence-corrected chi connectivity index (χ3v) is 3.28. The van der Waals surface area contributed by atoms with E-state index in [9.17, 15) is 4.79 Å². The predicted octanol–water partition coefficient (Wildman–Crippen LogP) is 2.42. The monoisotopic (exact) mass is 272 g/mol. The third kappa shape index (κ3) is 3.70. The lowest BCUT2D eigenvalue weighted by atomic mass is 10.2. The van der Waals surface area contributed by atoms with E-state index >= 15 is 0 Å². The van der Waals surface area contributed by atoms with Gasteiger partial charge < -0.3 is 10.2 Å². The van der Waals surface area contributed by atoms with Crippen LogP contribution in [0, 0.1) is 11.3 Å². The van der Waals surface area contributed by atoms with Crippen molar-refractivity contribution in [3.63, 3.8) is 0 Å². The molecule has 2 rings (SSSR count). The molecule has 106 valence electrons. The van der Waals surface area contributed by atoms with E-state index in [2.05, 4.69) is 23.3 Å². The highest BCUT2D eigenvalue weighted by atomic mass is 16.2. The third-order valence-electron chi connectivity index (χ3n) is 3.28. The molecule has 0 atom stereocenters. The highest BCUT2D eigenvalue weighted by Crippen LogP contribution is 2.28. The Morgan fingerprint density at radius 3 is 2.90 bits per heavy atom. The second-order valence-corrected chi connectivity index (χ2v) is 5.00. The minimum atomic E-state index is -0.0164. The van der Waals surface area contributed by atoms with Crippen molar-refractivity contribution in [1.29, 1.82) is 5.26 Å². The molecule has 0 radical (unpaired) electrons. The zero-order chi connectivity index (χ0) is 14.4. The van der Waals surface area contributed by atoms with Crippen molar-refractivity contribution in [3.05, 3.63) is 23.9 Å². The van der Waals surface area contributed by atoms with Crippen LogP contribution in [0.3, 0.4) is 0 Å². The lowest BCUT2D eigenvalue weighted by Gasteiger charge is -2.21. The van der Waals surface area contributed by atoms with Crippen molar-refractivity contribution < 1.29 is 4.79 Å². The largest absolute Gasteiger partial charge is 0.370 e. The molecule has 1 aromatic rings. The fourth-order valence-electron chi connectivity index (χ4n) is 2.05. The summed E-state index contributed by atoms with van der Waals surface area (Å²) in [6.45, 7) is 3.47. The summed E-state index contributed by atoms with van der Waals surface area (Å²) >= 11 is 0. The Balaban J connectivity index is 2.01. The minimum Gasteiger partial charge on any atom is -0.370 e. The van der Waals surface area contributed by atoms with Gasteiger partial charge in [-0.3, -0.25) is 4.79 Å². The average Bonchev–Trinajstić information content (AvgIpc) is 3.30. The number of anilines is 1. The number of hydrogen-bond acceptors (Lipinski definition) is 4. The molecule has 0 unspecified atom stereocenters. The number of carbonyl (C=O) groups is 1. The molecule has 0 aliphatic heterocycles. The number of nitriles is 1. The van der Waals surface area contributed by atoms with Crippen LogP contribution < -0.4 is 5.32 Å². The van der Waals surface area contributed by atoms with Crippen LogP contribution in [0.4, 0.5) is 5.82 Å².